The SMILES string of the molecule is CCCN(CCOc1ccccc1C)CC1CCCCN1. The first-order valence-electron chi connectivity index (χ1n) is 8.43. The molecule has 0 radical (unpaired) electrons. The fourth-order valence-corrected chi connectivity index (χ4v) is 3.01. The lowest BCUT2D eigenvalue weighted by atomic mass is 10.0. The van der Waals surface area contributed by atoms with Gasteiger partial charge in [0.15, 0.2) is 0 Å². The molecule has 1 aromatic carbocycles. The minimum atomic E-state index is 0.670. The largest absolute Gasteiger partial charge is 0.492 e. The lowest BCUT2D eigenvalue weighted by molar-refractivity contribution is 0.183. The average Bonchev–Trinajstić information content (AvgIpc) is 2.50. The van der Waals surface area contributed by atoms with Crippen LogP contribution in [0.25, 0.3) is 0 Å². The van der Waals surface area contributed by atoms with E-state index >= 15 is 0 Å². The first-order valence-corrected chi connectivity index (χ1v) is 8.43. The lowest BCUT2D eigenvalue weighted by Gasteiger charge is -2.30. The summed E-state index contributed by atoms with van der Waals surface area (Å²) in [6.45, 7) is 9.65. The molecule has 0 bridgehead atoms. The molecule has 0 spiro atoms. The van der Waals surface area contributed by atoms with Gasteiger partial charge in [0.05, 0.1) is 0 Å². The summed E-state index contributed by atoms with van der Waals surface area (Å²) in [5.74, 6) is 1.02. The topological polar surface area (TPSA) is 24.5 Å². The number of aryl methyl sites for hydroxylation is 1. The molecule has 0 aliphatic carbocycles. The number of hydrogen-bond acceptors (Lipinski definition) is 3. The molecule has 0 aromatic heterocycles. The van der Waals surface area contributed by atoms with Crippen molar-refractivity contribution < 1.29 is 4.74 Å². The number of para-hydroxylation sites is 1. The molecule has 118 valence electrons. The first-order chi connectivity index (χ1) is 10.3. The molecule has 21 heavy (non-hydrogen) atoms. The fourth-order valence-electron chi connectivity index (χ4n) is 3.01. The maximum atomic E-state index is 5.94. The van der Waals surface area contributed by atoms with Gasteiger partial charge >= 0.3 is 0 Å². The van der Waals surface area contributed by atoms with Crippen molar-refractivity contribution in [2.75, 3.05) is 32.8 Å². The third-order valence-corrected chi connectivity index (χ3v) is 4.19. The van der Waals surface area contributed by atoms with Crippen LogP contribution >= 0.6 is 0 Å². The number of rotatable bonds is 8. The highest BCUT2D eigenvalue weighted by Gasteiger charge is 2.16. The van der Waals surface area contributed by atoms with Crippen LogP contribution in [0.15, 0.2) is 24.3 Å². The zero-order valence-corrected chi connectivity index (χ0v) is 13.6. The molecule has 1 aliphatic rings. The molecule has 1 fully saturated rings. The van der Waals surface area contributed by atoms with Gasteiger partial charge in [-0.3, -0.25) is 4.90 Å². The lowest BCUT2D eigenvalue weighted by Crippen LogP contribution is -2.45. The predicted molar refractivity (Wildman–Crippen MR) is 89.0 cm³/mol. The molecule has 1 unspecified atom stereocenters. The van der Waals surface area contributed by atoms with E-state index in [1.54, 1.807) is 0 Å². The van der Waals surface area contributed by atoms with Crippen LogP contribution in [0.2, 0.25) is 0 Å². The van der Waals surface area contributed by atoms with E-state index in [0.29, 0.717) is 6.04 Å². The van der Waals surface area contributed by atoms with Gasteiger partial charge in [-0.2, -0.15) is 0 Å². The second-order valence-electron chi connectivity index (χ2n) is 6.06. The van der Waals surface area contributed by atoms with Gasteiger partial charge < -0.3 is 10.1 Å². The Morgan fingerprint density at radius 1 is 1.24 bits per heavy atom. The molecule has 1 atom stereocenters. The number of benzene rings is 1. The molecule has 1 aliphatic heterocycles. The average molecular weight is 290 g/mol. The van der Waals surface area contributed by atoms with Crippen molar-refractivity contribution in [3.05, 3.63) is 29.8 Å². The zero-order chi connectivity index (χ0) is 14.9. The summed E-state index contributed by atoms with van der Waals surface area (Å²) in [6.07, 6.45) is 5.23. The van der Waals surface area contributed by atoms with Crippen LogP contribution in [0.3, 0.4) is 0 Å². The van der Waals surface area contributed by atoms with Crippen LogP contribution in [0.1, 0.15) is 38.2 Å². The maximum Gasteiger partial charge on any atom is 0.122 e. The zero-order valence-electron chi connectivity index (χ0n) is 13.6. The standard InChI is InChI=1S/C18H30N2O/c1-3-12-20(15-17-9-6-7-11-19-17)13-14-21-18-10-5-4-8-16(18)2/h4-5,8,10,17,19H,3,6-7,9,11-15H2,1-2H3. The van der Waals surface area contributed by atoms with Crippen molar-refractivity contribution in [1.82, 2.24) is 10.2 Å². The first kappa shape index (κ1) is 16.3. The van der Waals surface area contributed by atoms with E-state index in [1.807, 2.05) is 6.07 Å². The number of nitrogens with one attached hydrogen (secondary N) is 1. The highest BCUT2D eigenvalue weighted by atomic mass is 16.5. The van der Waals surface area contributed by atoms with E-state index in [1.165, 1.54) is 37.8 Å². The Hall–Kier alpha value is -1.06. The Balaban J connectivity index is 1.75. The molecular formula is C18H30N2O. The molecule has 0 amide bonds. The third kappa shape index (κ3) is 5.68. The van der Waals surface area contributed by atoms with Gasteiger partial charge in [-0.05, 0) is 50.9 Å². The maximum absolute atomic E-state index is 5.94. The molecular weight excluding hydrogens is 260 g/mol. The minimum Gasteiger partial charge on any atom is -0.492 e. The number of nitrogens with zero attached hydrogens (tertiary/aromatic N) is 1. The van der Waals surface area contributed by atoms with E-state index < -0.39 is 0 Å². The summed E-state index contributed by atoms with van der Waals surface area (Å²) in [5, 5.41) is 3.64. The summed E-state index contributed by atoms with van der Waals surface area (Å²) < 4.78 is 5.94. The molecule has 1 saturated heterocycles. The van der Waals surface area contributed by atoms with Crippen molar-refractivity contribution in [2.45, 2.75) is 45.6 Å². The van der Waals surface area contributed by atoms with Crippen LogP contribution < -0.4 is 10.1 Å². The third-order valence-electron chi connectivity index (χ3n) is 4.19. The van der Waals surface area contributed by atoms with Crippen molar-refractivity contribution in [3.63, 3.8) is 0 Å². The van der Waals surface area contributed by atoms with Crippen molar-refractivity contribution in [3.8, 4) is 5.75 Å². The van der Waals surface area contributed by atoms with Gasteiger partial charge in [0.2, 0.25) is 0 Å². The number of hydrogen-bond donors (Lipinski definition) is 1. The molecule has 3 nitrogen and oxygen atoms in total. The van der Waals surface area contributed by atoms with E-state index in [2.05, 4.69) is 42.3 Å². The normalized spacial score (nSPS) is 18.9. The van der Waals surface area contributed by atoms with Gasteiger partial charge in [0, 0.05) is 19.1 Å². The molecule has 1 heterocycles. The van der Waals surface area contributed by atoms with Crippen LogP contribution in [-0.4, -0.2) is 43.7 Å². The van der Waals surface area contributed by atoms with Crippen LogP contribution in [-0.2, 0) is 0 Å². The van der Waals surface area contributed by atoms with Gasteiger partial charge in [0.1, 0.15) is 12.4 Å². The highest BCUT2D eigenvalue weighted by Crippen LogP contribution is 2.16. The smallest absolute Gasteiger partial charge is 0.122 e. The van der Waals surface area contributed by atoms with Gasteiger partial charge in [-0.1, -0.05) is 31.5 Å². The van der Waals surface area contributed by atoms with Crippen LogP contribution in [0.4, 0.5) is 0 Å². The molecule has 0 saturated carbocycles. The number of ether oxygens (including phenoxy) is 1. The van der Waals surface area contributed by atoms with Crippen molar-refractivity contribution in [2.24, 2.45) is 0 Å². The quantitative estimate of drug-likeness (QED) is 0.795. The Morgan fingerprint density at radius 2 is 2.10 bits per heavy atom. The van der Waals surface area contributed by atoms with E-state index in [9.17, 15) is 0 Å². The Kier molecular flexibility index (Phi) is 7.04. The molecule has 2 rings (SSSR count). The van der Waals surface area contributed by atoms with Gasteiger partial charge in [-0.15, -0.1) is 0 Å². The summed E-state index contributed by atoms with van der Waals surface area (Å²) in [4.78, 5) is 2.54. The summed E-state index contributed by atoms with van der Waals surface area (Å²) in [6, 6.07) is 8.93. The van der Waals surface area contributed by atoms with E-state index in [0.717, 1.165) is 32.0 Å². The molecule has 1 N–H and O–H groups in total. The second kappa shape index (κ2) is 9.06. The molecule has 1 aromatic rings. The molecule has 3 heteroatoms. The van der Waals surface area contributed by atoms with Gasteiger partial charge in [-0.25, -0.2) is 0 Å². The van der Waals surface area contributed by atoms with Crippen molar-refractivity contribution >= 4 is 0 Å². The number of piperidine rings is 1. The summed E-state index contributed by atoms with van der Waals surface area (Å²) >= 11 is 0. The Bertz CT molecular complexity index is 402. The van der Waals surface area contributed by atoms with Crippen LogP contribution in [0, 0.1) is 6.92 Å². The summed E-state index contributed by atoms with van der Waals surface area (Å²) in [7, 11) is 0. The Morgan fingerprint density at radius 3 is 2.81 bits per heavy atom. The Labute approximate surface area is 129 Å². The predicted octanol–water partition coefficient (Wildman–Crippen LogP) is 3.23. The van der Waals surface area contributed by atoms with E-state index in [4.69, 9.17) is 4.74 Å². The second-order valence-corrected chi connectivity index (χ2v) is 6.06. The minimum absolute atomic E-state index is 0.670. The monoisotopic (exact) mass is 290 g/mol. The van der Waals surface area contributed by atoms with Gasteiger partial charge in [0.25, 0.3) is 0 Å². The summed E-state index contributed by atoms with van der Waals surface area (Å²) in [5.41, 5.74) is 1.22. The highest BCUT2D eigenvalue weighted by molar-refractivity contribution is 5.31. The van der Waals surface area contributed by atoms with Crippen molar-refractivity contribution in [1.29, 1.82) is 0 Å². The van der Waals surface area contributed by atoms with E-state index in [-0.39, 0.29) is 0 Å². The van der Waals surface area contributed by atoms with Crippen LogP contribution in [0.5, 0.6) is 5.75 Å². The fraction of sp³-hybridized carbons (Fsp3) is 0.667.